The van der Waals surface area contributed by atoms with Gasteiger partial charge in [-0.1, -0.05) is 6.42 Å². The third kappa shape index (κ3) is 2.01. The highest BCUT2D eigenvalue weighted by molar-refractivity contribution is 6.13. The summed E-state index contributed by atoms with van der Waals surface area (Å²) in [6.07, 6.45) is 1.67. The number of carboxylic acid groups (broad SMARTS) is 1. The number of carbonyl (C=O) groups is 2. The molecule has 1 aliphatic carbocycles. The number of carbonyl (C=O) groups excluding carboxylic acids is 1. The molecule has 1 N–H and O–H groups in total. The first-order valence-electron chi connectivity index (χ1n) is 6.36. The van der Waals surface area contributed by atoms with Gasteiger partial charge in [0.25, 0.3) is 0 Å². The normalized spacial score (nSPS) is 16.6. The number of rotatable bonds is 4. The van der Waals surface area contributed by atoms with Crippen molar-refractivity contribution in [1.82, 2.24) is 0 Å². The van der Waals surface area contributed by atoms with Crippen LogP contribution in [0, 0.1) is 19.3 Å². The Kier molecular flexibility index (Phi) is 3.35. The van der Waals surface area contributed by atoms with Crippen LogP contribution in [-0.2, 0) is 4.79 Å². The third-order valence-electron chi connectivity index (χ3n) is 4.04. The van der Waals surface area contributed by atoms with Crippen LogP contribution in [0.4, 0.5) is 0 Å². The molecule has 0 aliphatic heterocycles. The van der Waals surface area contributed by atoms with Gasteiger partial charge >= 0.3 is 5.97 Å². The number of hydrogen-bond acceptors (Lipinski definition) is 3. The number of aliphatic carboxylic acids is 1. The zero-order chi connectivity index (χ0) is 14.2. The van der Waals surface area contributed by atoms with E-state index in [0.29, 0.717) is 24.2 Å². The minimum absolute atomic E-state index is 0.269. The number of carboxylic acids is 1. The fourth-order valence-corrected chi connectivity index (χ4v) is 2.58. The number of ether oxygens (including phenoxy) is 1. The fraction of sp³-hybridized carbons (Fsp3) is 0.467. The minimum Gasteiger partial charge on any atom is -0.496 e. The topological polar surface area (TPSA) is 63.6 Å². The van der Waals surface area contributed by atoms with Crippen LogP contribution in [0.15, 0.2) is 12.1 Å². The maximum absolute atomic E-state index is 12.5. The predicted octanol–water partition coefficient (Wildman–Crippen LogP) is 2.75. The lowest BCUT2D eigenvalue weighted by Crippen LogP contribution is -2.45. The van der Waals surface area contributed by atoms with Crippen LogP contribution in [-0.4, -0.2) is 24.0 Å². The van der Waals surface area contributed by atoms with Crippen molar-refractivity contribution < 1.29 is 19.4 Å². The van der Waals surface area contributed by atoms with Gasteiger partial charge in [-0.3, -0.25) is 9.59 Å². The molecule has 102 valence electrons. The van der Waals surface area contributed by atoms with Gasteiger partial charge in [0.15, 0.2) is 5.78 Å². The summed E-state index contributed by atoms with van der Waals surface area (Å²) in [6.45, 7) is 3.66. The van der Waals surface area contributed by atoms with E-state index >= 15 is 0 Å². The summed E-state index contributed by atoms with van der Waals surface area (Å²) in [5, 5.41) is 9.33. The van der Waals surface area contributed by atoms with E-state index in [1.54, 1.807) is 19.2 Å². The van der Waals surface area contributed by atoms with Gasteiger partial charge in [-0.15, -0.1) is 0 Å². The molecule has 1 saturated carbocycles. The summed E-state index contributed by atoms with van der Waals surface area (Å²) in [5.74, 6) is -0.557. The maximum Gasteiger partial charge on any atom is 0.317 e. The van der Waals surface area contributed by atoms with Gasteiger partial charge in [-0.2, -0.15) is 0 Å². The molecule has 4 heteroatoms. The lowest BCUT2D eigenvalue weighted by molar-refractivity contribution is -0.150. The quantitative estimate of drug-likeness (QED) is 0.669. The van der Waals surface area contributed by atoms with E-state index in [1.165, 1.54) is 0 Å². The Hall–Kier alpha value is -1.84. The van der Waals surface area contributed by atoms with Crippen molar-refractivity contribution in [2.24, 2.45) is 5.41 Å². The van der Waals surface area contributed by atoms with Gasteiger partial charge in [0.1, 0.15) is 11.2 Å². The number of aryl methyl sites for hydroxylation is 2. The van der Waals surface area contributed by atoms with Crippen LogP contribution < -0.4 is 4.74 Å². The average molecular weight is 262 g/mol. The first-order chi connectivity index (χ1) is 8.92. The zero-order valence-corrected chi connectivity index (χ0v) is 11.4. The molecular weight excluding hydrogens is 244 g/mol. The second kappa shape index (κ2) is 4.68. The molecule has 0 bridgehead atoms. The number of Topliss-reactive ketones (excluding diaryl/α,β-unsaturated/α-hetero) is 1. The molecule has 0 heterocycles. The summed E-state index contributed by atoms with van der Waals surface area (Å²) in [7, 11) is 1.58. The Morgan fingerprint density at radius 3 is 2.26 bits per heavy atom. The lowest BCUT2D eigenvalue weighted by atomic mass is 9.64. The molecule has 2 rings (SSSR count). The first kappa shape index (κ1) is 13.6. The molecule has 1 aromatic carbocycles. The molecule has 0 radical (unpaired) electrons. The molecule has 0 spiro atoms. The Labute approximate surface area is 112 Å². The molecule has 0 unspecified atom stereocenters. The maximum atomic E-state index is 12.5. The van der Waals surface area contributed by atoms with Crippen molar-refractivity contribution >= 4 is 11.8 Å². The van der Waals surface area contributed by atoms with E-state index in [4.69, 9.17) is 4.74 Å². The molecule has 1 aliphatic rings. The summed E-state index contributed by atoms with van der Waals surface area (Å²) in [5.41, 5.74) is 0.905. The fourth-order valence-electron chi connectivity index (χ4n) is 2.58. The van der Waals surface area contributed by atoms with E-state index < -0.39 is 11.4 Å². The van der Waals surface area contributed by atoms with Crippen molar-refractivity contribution in [2.45, 2.75) is 33.1 Å². The summed E-state index contributed by atoms with van der Waals surface area (Å²) >= 11 is 0. The van der Waals surface area contributed by atoms with Gasteiger partial charge in [-0.25, -0.2) is 0 Å². The monoisotopic (exact) mass is 262 g/mol. The summed E-state index contributed by atoms with van der Waals surface area (Å²) in [4.78, 5) is 23.9. The van der Waals surface area contributed by atoms with Crippen molar-refractivity contribution in [3.05, 3.63) is 28.8 Å². The highest BCUT2D eigenvalue weighted by atomic mass is 16.5. The van der Waals surface area contributed by atoms with E-state index in [-0.39, 0.29) is 5.78 Å². The predicted molar refractivity (Wildman–Crippen MR) is 70.7 cm³/mol. The van der Waals surface area contributed by atoms with Crippen LogP contribution in [0.2, 0.25) is 0 Å². The molecule has 0 amide bonds. The van der Waals surface area contributed by atoms with E-state index in [1.807, 2.05) is 13.8 Å². The van der Waals surface area contributed by atoms with Crippen LogP contribution in [0.25, 0.3) is 0 Å². The van der Waals surface area contributed by atoms with Crippen molar-refractivity contribution in [3.63, 3.8) is 0 Å². The summed E-state index contributed by atoms with van der Waals surface area (Å²) in [6, 6.07) is 3.52. The van der Waals surface area contributed by atoms with Crippen LogP contribution in [0.1, 0.15) is 40.7 Å². The number of benzene rings is 1. The zero-order valence-electron chi connectivity index (χ0n) is 11.4. The molecule has 4 nitrogen and oxygen atoms in total. The molecule has 0 atom stereocenters. The standard InChI is InChI=1S/C15H18O4/c1-9-8-12(19-3)10(2)7-11(9)13(16)15(14(17)18)5-4-6-15/h7-8H,4-6H2,1-3H3,(H,17,18). The number of methoxy groups -OCH3 is 1. The number of ketones is 1. The van der Waals surface area contributed by atoms with E-state index in [2.05, 4.69) is 0 Å². The summed E-state index contributed by atoms with van der Waals surface area (Å²) < 4.78 is 5.21. The second-order valence-corrected chi connectivity index (χ2v) is 5.21. The molecule has 1 fully saturated rings. The van der Waals surface area contributed by atoms with E-state index in [0.717, 1.165) is 17.5 Å². The van der Waals surface area contributed by atoms with Crippen LogP contribution in [0.3, 0.4) is 0 Å². The largest absolute Gasteiger partial charge is 0.496 e. The van der Waals surface area contributed by atoms with Gasteiger partial charge in [0, 0.05) is 5.56 Å². The lowest BCUT2D eigenvalue weighted by Gasteiger charge is -2.36. The van der Waals surface area contributed by atoms with Crippen LogP contribution in [0.5, 0.6) is 5.75 Å². The van der Waals surface area contributed by atoms with Gasteiger partial charge in [0.2, 0.25) is 0 Å². The minimum atomic E-state index is -1.20. The van der Waals surface area contributed by atoms with Gasteiger partial charge in [-0.05, 0) is 49.9 Å². The Morgan fingerprint density at radius 2 is 1.84 bits per heavy atom. The Morgan fingerprint density at radius 1 is 1.21 bits per heavy atom. The van der Waals surface area contributed by atoms with Crippen LogP contribution >= 0.6 is 0 Å². The molecule has 0 saturated heterocycles. The average Bonchev–Trinajstić information content (AvgIpc) is 2.29. The molecule has 0 aromatic heterocycles. The van der Waals surface area contributed by atoms with Gasteiger partial charge in [0.05, 0.1) is 7.11 Å². The van der Waals surface area contributed by atoms with Gasteiger partial charge < -0.3 is 9.84 Å². The molecule has 19 heavy (non-hydrogen) atoms. The second-order valence-electron chi connectivity index (χ2n) is 5.21. The molecule has 1 aromatic rings. The molecular formula is C15H18O4. The highest BCUT2D eigenvalue weighted by Crippen LogP contribution is 2.44. The van der Waals surface area contributed by atoms with Crippen molar-refractivity contribution in [3.8, 4) is 5.75 Å². The first-order valence-corrected chi connectivity index (χ1v) is 6.36. The Balaban J connectivity index is 2.45. The third-order valence-corrected chi connectivity index (χ3v) is 4.04. The smallest absolute Gasteiger partial charge is 0.317 e. The number of hydrogen-bond donors (Lipinski definition) is 1. The Bertz CT molecular complexity index is 541. The highest BCUT2D eigenvalue weighted by Gasteiger charge is 2.51. The van der Waals surface area contributed by atoms with E-state index in [9.17, 15) is 14.7 Å². The van der Waals surface area contributed by atoms with Crippen molar-refractivity contribution in [2.75, 3.05) is 7.11 Å². The SMILES string of the molecule is COc1cc(C)c(C(=O)C2(C(=O)O)CCC2)cc1C. The van der Waals surface area contributed by atoms with Crippen molar-refractivity contribution in [1.29, 1.82) is 0 Å².